The fourth-order valence-corrected chi connectivity index (χ4v) is 4.36. The molecule has 2 heterocycles. The van der Waals surface area contributed by atoms with Crippen molar-refractivity contribution in [3.63, 3.8) is 0 Å². The minimum Gasteiger partial charge on any atom is -0.404 e. The number of rotatable bonds is 7. The molecule has 2 aromatic heterocycles. The van der Waals surface area contributed by atoms with Crippen LogP contribution in [0.5, 0.6) is 5.75 Å². The van der Waals surface area contributed by atoms with Crippen molar-refractivity contribution in [1.29, 1.82) is 0 Å². The predicted octanol–water partition coefficient (Wildman–Crippen LogP) is 1.91. The van der Waals surface area contributed by atoms with Crippen LogP contribution in [0.15, 0.2) is 36.9 Å². The normalized spacial score (nSPS) is 23.5. The second-order valence-electron chi connectivity index (χ2n) is 6.81. The number of nitrogens with zero attached hydrogens (tertiary/aromatic N) is 4. The fraction of sp³-hybridized carbons (Fsp3) is 0.353. The third-order valence-corrected chi connectivity index (χ3v) is 5.98. The molecular weight excluding hydrogens is 404 g/mol. The first-order valence-electron chi connectivity index (χ1n) is 8.84. The van der Waals surface area contributed by atoms with Crippen molar-refractivity contribution in [1.82, 2.24) is 19.5 Å². The summed E-state index contributed by atoms with van der Waals surface area (Å²) >= 11 is 0. The van der Waals surface area contributed by atoms with Gasteiger partial charge in [-0.3, -0.25) is 9.42 Å². The van der Waals surface area contributed by atoms with E-state index in [0.29, 0.717) is 17.6 Å². The van der Waals surface area contributed by atoms with Crippen LogP contribution in [0.2, 0.25) is 0 Å². The lowest BCUT2D eigenvalue weighted by Crippen LogP contribution is -2.42. The summed E-state index contributed by atoms with van der Waals surface area (Å²) in [5, 5.41) is 9.80. The first kappa shape index (κ1) is 19.7. The Morgan fingerprint density at radius 2 is 2.17 bits per heavy atom. The number of phosphoric ester groups is 1. The van der Waals surface area contributed by atoms with Crippen molar-refractivity contribution in [2.75, 3.05) is 18.9 Å². The van der Waals surface area contributed by atoms with Gasteiger partial charge in [0.2, 0.25) is 0 Å². The smallest absolute Gasteiger partial charge is 0.404 e. The quantitative estimate of drug-likeness (QED) is 0.485. The fourth-order valence-electron chi connectivity index (χ4n) is 3.55. The average molecular weight is 423 g/mol. The monoisotopic (exact) mass is 423 g/mol. The van der Waals surface area contributed by atoms with Gasteiger partial charge in [-0.15, -0.1) is 0 Å². The Balaban J connectivity index is 1.40. The highest BCUT2D eigenvalue weighted by Gasteiger charge is 2.43. The van der Waals surface area contributed by atoms with Gasteiger partial charge in [-0.1, -0.05) is 6.07 Å². The number of hydrogen-bond donors (Lipinski definition) is 3. The van der Waals surface area contributed by atoms with E-state index in [4.69, 9.17) is 14.8 Å². The number of fused-ring (bicyclic) bond motifs is 1. The molecule has 1 saturated carbocycles. The molecule has 0 spiro atoms. The molecule has 1 aromatic carbocycles. The van der Waals surface area contributed by atoms with Crippen LogP contribution in [0, 0.1) is 17.7 Å². The van der Waals surface area contributed by atoms with Crippen LogP contribution in [0.1, 0.15) is 12.5 Å². The number of nitrogen functional groups attached to an aromatic ring is 1. The summed E-state index contributed by atoms with van der Waals surface area (Å²) in [5.41, 5.74) is 6.84. The lowest BCUT2D eigenvalue weighted by molar-refractivity contribution is -0.00488. The number of aromatic nitrogens is 4. The summed E-state index contributed by atoms with van der Waals surface area (Å²) in [6.45, 7) is -0.256. The lowest BCUT2D eigenvalue weighted by atomic mass is 9.70. The van der Waals surface area contributed by atoms with Crippen LogP contribution in [0.4, 0.5) is 10.2 Å². The van der Waals surface area contributed by atoms with Crippen LogP contribution < -0.4 is 10.3 Å². The van der Waals surface area contributed by atoms with Crippen LogP contribution in [0.25, 0.3) is 11.2 Å². The third-order valence-electron chi connectivity index (χ3n) is 5.07. The van der Waals surface area contributed by atoms with E-state index >= 15 is 0 Å². The van der Waals surface area contributed by atoms with Gasteiger partial charge in [0.1, 0.15) is 23.4 Å². The van der Waals surface area contributed by atoms with Gasteiger partial charge in [-0.05, 0) is 24.5 Å². The molecule has 1 fully saturated rings. The number of benzene rings is 1. The van der Waals surface area contributed by atoms with E-state index in [1.807, 2.05) is 4.57 Å². The van der Waals surface area contributed by atoms with E-state index < -0.39 is 13.6 Å². The van der Waals surface area contributed by atoms with Gasteiger partial charge in [0.25, 0.3) is 0 Å². The summed E-state index contributed by atoms with van der Waals surface area (Å²) in [6, 6.07) is 4.77. The molecule has 0 amide bonds. The number of hydrogen-bond acceptors (Lipinski definition) is 8. The van der Waals surface area contributed by atoms with E-state index in [1.165, 1.54) is 24.5 Å². The van der Waals surface area contributed by atoms with E-state index in [0.717, 1.165) is 6.07 Å². The number of anilines is 1. The molecule has 29 heavy (non-hydrogen) atoms. The predicted molar refractivity (Wildman–Crippen MR) is 100 cm³/mol. The maximum Gasteiger partial charge on any atom is 0.527 e. The number of aliphatic hydroxyl groups excluding tert-OH is 1. The highest BCUT2D eigenvalue weighted by atomic mass is 31.2. The van der Waals surface area contributed by atoms with Crippen molar-refractivity contribution >= 4 is 24.8 Å². The van der Waals surface area contributed by atoms with Crippen LogP contribution >= 0.6 is 7.82 Å². The van der Waals surface area contributed by atoms with Crippen molar-refractivity contribution < 1.29 is 28.0 Å². The third kappa shape index (κ3) is 3.95. The van der Waals surface area contributed by atoms with Crippen molar-refractivity contribution in [3.8, 4) is 5.75 Å². The van der Waals surface area contributed by atoms with Crippen LogP contribution in [0.3, 0.4) is 0 Å². The molecule has 0 radical (unpaired) electrons. The van der Waals surface area contributed by atoms with E-state index in [1.54, 1.807) is 6.33 Å². The van der Waals surface area contributed by atoms with Gasteiger partial charge in [0, 0.05) is 24.6 Å². The molecule has 0 aliphatic heterocycles. The Bertz CT molecular complexity index is 1080. The van der Waals surface area contributed by atoms with Gasteiger partial charge >= 0.3 is 7.82 Å². The second-order valence-corrected chi connectivity index (χ2v) is 8.18. The molecule has 3 aromatic rings. The van der Waals surface area contributed by atoms with Gasteiger partial charge in [-0.2, -0.15) is 0 Å². The zero-order valence-corrected chi connectivity index (χ0v) is 16.0. The number of imidazole rings is 1. The van der Waals surface area contributed by atoms with E-state index in [-0.39, 0.29) is 42.7 Å². The highest BCUT2D eigenvalue weighted by molar-refractivity contribution is 7.47. The molecule has 154 valence electrons. The summed E-state index contributed by atoms with van der Waals surface area (Å²) in [4.78, 5) is 22.2. The van der Waals surface area contributed by atoms with E-state index in [9.17, 15) is 19.0 Å². The van der Waals surface area contributed by atoms with Gasteiger partial charge < -0.3 is 19.9 Å². The Hall–Kier alpha value is -2.59. The molecule has 1 unspecified atom stereocenters. The zero-order chi connectivity index (χ0) is 20.6. The molecule has 12 heteroatoms. The number of halogens is 1. The SMILES string of the molecule is Nc1ncnc2c1ncn2[C@@H]1C[C@H](COP(=O)(O)Oc2cccc(F)c2)[C@@H]1CO. The minimum atomic E-state index is -4.43. The first-order valence-corrected chi connectivity index (χ1v) is 10.3. The number of nitrogens with two attached hydrogens (primary N) is 1. The van der Waals surface area contributed by atoms with Crippen LogP contribution in [-0.2, 0) is 9.09 Å². The summed E-state index contributed by atoms with van der Waals surface area (Å²) in [7, 11) is -4.43. The number of aliphatic hydroxyl groups is 1. The lowest BCUT2D eigenvalue weighted by Gasteiger charge is -2.44. The van der Waals surface area contributed by atoms with Gasteiger partial charge in [-0.25, -0.2) is 23.9 Å². The maximum atomic E-state index is 13.2. The Morgan fingerprint density at radius 1 is 1.34 bits per heavy atom. The molecule has 1 aliphatic carbocycles. The van der Waals surface area contributed by atoms with E-state index in [2.05, 4.69) is 15.0 Å². The molecule has 10 nitrogen and oxygen atoms in total. The summed E-state index contributed by atoms with van der Waals surface area (Å²) < 4.78 is 37.1. The largest absolute Gasteiger partial charge is 0.527 e. The van der Waals surface area contributed by atoms with Crippen molar-refractivity contribution in [2.45, 2.75) is 12.5 Å². The molecule has 0 saturated heterocycles. The first-order chi connectivity index (χ1) is 13.9. The Morgan fingerprint density at radius 3 is 2.93 bits per heavy atom. The molecule has 1 aliphatic rings. The van der Waals surface area contributed by atoms with Gasteiger partial charge in [0.15, 0.2) is 11.5 Å². The minimum absolute atomic E-state index is 0.103. The standard InChI is InChI=1S/C17H19FN5O5P/c18-11-2-1-3-12(5-11)28-29(25,26)27-7-10-4-14(13(10)6-24)23-9-22-15-16(19)20-8-21-17(15)23/h1-3,5,8-10,13-14,24H,4,6-7H2,(H,25,26)(H2,19,20,21)/t10-,13+,14-/m1/s1. The maximum absolute atomic E-state index is 13.2. The summed E-state index contributed by atoms with van der Waals surface area (Å²) in [5.74, 6) is -0.856. The van der Waals surface area contributed by atoms with Gasteiger partial charge in [0.05, 0.1) is 12.9 Å². The molecule has 4 atom stereocenters. The molecule has 4 rings (SSSR count). The molecular formula is C17H19FN5O5P. The topological polar surface area (TPSA) is 146 Å². The van der Waals surface area contributed by atoms with Crippen LogP contribution in [-0.4, -0.2) is 42.7 Å². The summed E-state index contributed by atoms with van der Waals surface area (Å²) in [6.07, 6.45) is 3.50. The van der Waals surface area contributed by atoms with Crippen molar-refractivity contribution in [3.05, 3.63) is 42.7 Å². The molecule has 0 bridgehead atoms. The number of phosphoric acid groups is 1. The zero-order valence-electron chi connectivity index (χ0n) is 15.1. The Kier molecular flexibility index (Phi) is 5.22. The molecule has 4 N–H and O–H groups in total. The Labute approximate surface area is 164 Å². The average Bonchev–Trinajstić information content (AvgIpc) is 3.06. The highest BCUT2D eigenvalue weighted by Crippen LogP contribution is 2.49. The second kappa shape index (κ2) is 7.68. The van der Waals surface area contributed by atoms with Crippen molar-refractivity contribution in [2.24, 2.45) is 11.8 Å².